The fourth-order valence-corrected chi connectivity index (χ4v) is 2.36. The number of benzene rings is 1. The van der Waals surface area contributed by atoms with E-state index in [1.165, 1.54) is 23.7 Å². The van der Waals surface area contributed by atoms with Gasteiger partial charge in [0.1, 0.15) is 0 Å². The molecule has 0 bridgehead atoms. The lowest BCUT2D eigenvalue weighted by atomic mass is 10.2. The summed E-state index contributed by atoms with van der Waals surface area (Å²) in [6.07, 6.45) is 0. The van der Waals surface area contributed by atoms with Crippen LogP contribution in [0.4, 0.5) is 0 Å². The summed E-state index contributed by atoms with van der Waals surface area (Å²) >= 11 is 1.31. The van der Waals surface area contributed by atoms with Crippen molar-refractivity contribution in [3.63, 3.8) is 0 Å². The molecule has 18 heavy (non-hydrogen) atoms. The van der Waals surface area contributed by atoms with Crippen LogP contribution in [0.1, 0.15) is 11.3 Å². The molecular weight excluding hydrogens is 272 g/mol. The summed E-state index contributed by atoms with van der Waals surface area (Å²) in [6.45, 7) is 1.26. The molecule has 2 aromatic rings. The molecule has 0 unspecified atom stereocenters. The number of nitrogens with two attached hydrogens (primary N) is 1. The van der Waals surface area contributed by atoms with E-state index in [2.05, 4.69) is 14.9 Å². The topological polar surface area (TPSA) is 98.0 Å². The highest BCUT2D eigenvalue weighted by molar-refractivity contribution is 7.89. The van der Waals surface area contributed by atoms with Gasteiger partial charge in [0.15, 0.2) is 0 Å². The first-order chi connectivity index (χ1) is 8.55. The van der Waals surface area contributed by atoms with Crippen molar-refractivity contribution in [2.75, 3.05) is 0 Å². The van der Waals surface area contributed by atoms with E-state index in [-0.39, 0.29) is 4.90 Å². The van der Waals surface area contributed by atoms with E-state index >= 15 is 0 Å². The molecule has 0 spiro atoms. The molecule has 0 saturated carbocycles. The van der Waals surface area contributed by atoms with Gasteiger partial charge in [-0.1, -0.05) is 16.6 Å². The maximum absolute atomic E-state index is 11.1. The van der Waals surface area contributed by atoms with Gasteiger partial charge >= 0.3 is 0 Å². The molecule has 1 aromatic carbocycles. The largest absolute Gasteiger partial charge is 0.307 e. The van der Waals surface area contributed by atoms with Crippen molar-refractivity contribution in [2.24, 2.45) is 5.14 Å². The first-order valence-corrected chi connectivity index (χ1v) is 7.52. The number of nitrogens with zero attached hydrogens (tertiary/aromatic N) is 2. The highest BCUT2D eigenvalue weighted by Gasteiger charge is 2.06. The van der Waals surface area contributed by atoms with Gasteiger partial charge in [0.2, 0.25) is 10.0 Å². The standard InChI is InChI=1S/C10H12N4O2S2/c11-18(15,16)10-3-1-8(2-4-10)5-12-6-9-7-17-14-13-9/h1-4,7,12H,5-6H2,(H2,11,15,16). The molecule has 0 atom stereocenters. The van der Waals surface area contributed by atoms with E-state index in [0.717, 1.165) is 11.3 Å². The predicted molar refractivity (Wildman–Crippen MR) is 68.3 cm³/mol. The fraction of sp³-hybridized carbons (Fsp3) is 0.200. The molecule has 0 radical (unpaired) electrons. The van der Waals surface area contributed by atoms with E-state index in [1.54, 1.807) is 12.1 Å². The van der Waals surface area contributed by atoms with E-state index in [1.807, 2.05) is 5.38 Å². The Morgan fingerprint density at radius 3 is 2.50 bits per heavy atom. The molecule has 1 heterocycles. The monoisotopic (exact) mass is 284 g/mol. The van der Waals surface area contributed by atoms with Crippen LogP contribution in [0.15, 0.2) is 34.5 Å². The molecule has 96 valence electrons. The van der Waals surface area contributed by atoms with Gasteiger partial charge in [-0.25, -0.2) is 13.6 Å². The molecular formula is C10H12N4O2S2. The Kier molecular flexibility index (Phi) is 4.02. The molecule has 2 rings (SSSR count). The van der Waals surface area contributed by atoms with Crippen LogP contribution in [-0.2, 0) is 23.1 Å². The summed E-state index contributed by atoms with van der Waals surface area (Å²) in [6, 6.07) is 6.45. The number of primary sulfonamides is 1. The zero-order valence-electron chi connectivity index (χ0n) is 9.41. The third-order valence-corrected chi connectivity index (χ3v) is 3.77. The third kappa shape index (κ3) is 3.57. The highest BCUT2D eigenvalue weighted by Crippen LogP contribution is 2.08. The summed E-state index contributed by atoms with van der Waals surface area (Å²) in [5.74, 6) is 0. The molecule has 8 heteroatoms. The highest BCUT2D eigenvalue weighted by atomic mass is 32.2. The Morgan fingerprint density at radius 2 is 1.94 bits per heavy atom. The van der Waals surface area contributed by atoms with Gasteiger partial charge in [0.25, 0.3) is 0 Å². The summed E-state index contributed by atoms with van der Waals surface area (Å²) < 4.78 is 25.9. The Balaban J connectivity index is 1.91. The Hall–Kier alpha value is -1.35. The van der Waals surface area contributed by atoms with Crippen LogP contribution < -0.4 is 10.5 Å². The number of aromatic nitrogens is 2. The molecule has 3 N–H and O–H groups in total. The van der Waals surface area contributed by atoms with Gasteiger partial charge in [0, 0.05) is 18.5 Å². The first kappa shape index (κ1) is 13.1. The SMILES string of the molecule is NS(=O)(=O)c1ccc(CNCc2csnn2)cc1. The molecule has 0 fully saturated rings. The van der Waals surface area contributed by atoms with Crippen LogP contribution in [0.3, 0.4) is 0 Å². The molecule has 0 aliphatic rings. The number of nitrogens with one attached hydrogen (secondary N) is 1. The van der Waals surface area contributed by atoms with Gasteiger partial charge < -0.3 is 5.32 Å². The van der Waals surface area contributed by atoms with Crippen LogP contribution in [0.5, 0.6) is 0 Å². The minimum Gasteiger partial charge on any atom is -0.307 e. The Labute approximate surface area is 109 Å². The molecule has 0 aliphatic carbocycles. The van der Waals surface area contributed by atoms with Crippen LogP contribution in [0.2, 0.25) is 0 Å². The fourth-order valence-electron chi connectivity index (χ4n) is 1.39. The molecule has 0 saturated heterocycles. The van der Waals surface area contributed by atoms with E-state index in [4.69, 9.17) is 5.14 Å². The van der Waals surface area contributed by atoms with Crippen molar-refractivity contribution in [1.29, 1.82) is 0 Å². The Morgan fingerprint density at radius 1 is 1.22 bits per heavy atom. The third-order valence-electron chi connectivity index (χ3n) is 2.29. The van der Waals surface area contributed by atoms with E-state index < -0.39 is 10.0 Å². The average molecular weight is 284 g/mol. The Bertz CT molecular complexity index is 593. The van der Waals surface area contributed by atoms with Crippen molar-refractivity contribution in [3.8, 4) is 0 Å². The lowest BCUT2D eigenvalue weighted by molar-refractivity contribution is 0.597. The minimum atomic E-state index is -3.61. The number of sulfonamides is 1. The van der Waals surface area contributed by atoms with E-state index in [9.17, 15) is 8.42 Å². The van der Waals surface area contributed by atoms with Gasteiger partial charge in [0.05, 0.1) is 10.6 Å². The normalized spacial score (nSPS) is 11.6. The van der Waals surface area contributed by atoms with Crippen molar-refractivity contribution in [2.45, 2.75) is 18.0 Å². The van der Waals surface area contributed by atoms with Gasteiger partial charge in [-0.3, -0.25) is 0 Å². The van der Waals surface area contributed by atoms with Crippen molar-refractivity contribution in [3.05, 3.63) is 40.9 Å². The van der Waals surface area contributed by atoms with Gasteiger partial charge in [-0.05, 0) is 29.2 Å². The summed E-state index contributed by atoms with van der Waals surface area (Å²) in [5, 5.41) is 14.0. The van der Waals surface area contributed by atoms with Crippen molar-refractivity contribution in [1.82, 2.24) is 14.9 Å². The van der Waals surface area contributed by atoms with E-state index in [0.29, 0.717) is 13.1 Å². The minimum absolute atomic E-state index is 0.120. The predicted octanol–water partition coefficient (Wildman–Crippen LogP) is 0.475. The smallest absolute Gasteiger partial charge is 0.238 e. The van der Waals surface area contributed by atoms with Crippen LogP contribution >= 0.6 is 11.5 Å². The second-order valence-corrected chi connectivity index (χ2v) is 5.86. The first-order valence-electron chi connectivity index (χ1n) is 5.14. The summed E-state index contributed by atoms with van der Waals surface area (Å²) in [4.78, 5) is 0.120. The van der Waals surface area contributed by atoms with Crippen LogP contribution in [0, 0.1) is 0 Å². The number of hydrogen-bond donors (Lipinski definition) is 2. The quantitative estimate of drug-likeness (QED) is 0.832. The lowest BCUT2D eigenvalue weighted by Crippen LogP contribution is -2.14. The average Bonchev–Trinajstić information content (AvgIpc) is 2.82. The second-order valence-electron chi connectivity index (χ2n) is 3.69. The molecule has 0 amide bonds. The van der Waals surface area contributed by atoms with Crippen molar-refractivity contribution < 1.29 is 8.42 Å². The van der Waals surface area contributed by atoms with Crippen LogP contribution in [-0.4, -0.2) is 18.0 Å². The maximum Gasteiger partial charge on any atom is 0.238 e. The van der Waals surface area contributed by atoms with Crippen LogP contribution in [0.25, 0.3) is 0 Å². The van der Waals surface area contributed by atoms with Gasteiger partial charge in [-0.15, -0.1) is 5.10 Å². The maximum atomic E-state index is 11.1. The van der Waals surface area contributed by atoms with Gasteiger partial charge in [-0.2, -0.15) is 0 Å². The second kappa shape index (κ2) is 5.53. The molecule has 1 aromatic heterocycles. The number of hydrogen-bond acceptors (Lipinski definition) is 6. The molecule has 6 nitrogen and oxygen atoms in total. The summed E-state index contributed by atoms with van der Waals surface area (Å²) in [5.41, 5.74) is 1.87. The summed E-state index contributed by atoms with van der Waals surface area (Å²) in [7, 11) is -3.61. The zero-order valence-corrected chi connectivity index (χ0v) is 11.0. The zero-order chi connectivity index (χ0) is 13.0. The lowest BCUT2D eigenvalue weighted by Gasteiger charge is -2.04. The molecule has 0 aliphatic heterocycles. The number of rotatable bonds is 5. The van der Waals surface area contributed by atoms with Crippen molar-refractivity contribution >= 4 is 21.6 Å².